The van der Waals surface area contributed by atoms with E-state index in [1.54, 1.807) is 11.1 Å². The molecule has 0 bridgehead atoms. The smallest absolute Gasteiger partial charge is 0.255 e. The molecule has 1 aromatic carbocycles. The Kier molecular flexibility index (Phi) is 7.81. The Morgan fingerprint density at radius 3 is 2.50 bits per heavy atom. The molecular weight excluding hydrogens is 321 g/mol. The SMILES string of the molecule is CN(CC(C)(C)CN)C(=O)c1cccc2cccnc12.Cl.Cl. The number of pyridine rings is 1. The Morgan fingerprint density at radius 2 is 1.86 bits per heavy atom. The number of carbonyl (C=O) groups is 1. The molecule has 0 atom stereocenters. The predicted molar refractivity (Wildman–Crippen MR) is 96.0 cm³/mol. The van der Waals surface area contributed by atoms with Crippen LogP contribution in [0.3, 0.4) is 0 Å². The van der Waals surface area contributed by atoms with Crippen molar-refractivity contribution in [2.45, 2.75) is 13.8 Å². The minimum Gasteiger partial charge on any atom is -0.341 e. The van der Waals surface area contributed by atoms with Gasteiger partial charge in [-0.2, -0.15) is 0 Å². The van der Waals surface area contributed by atoms with Crippen LogP contribution in [0.5, 0.6) is 0 Å². The molecule has 22 heavy (non-hydrogen) atoms. The topological polar surface area (TPSA) is 59.2 Å². The van der Waals surface area contributed by atoms with E-state index < -0.39 is 0 Å². The minimum atomic E-state index is -0.0948. The molecule has 0 unspecified atom stereocenters. The van der Waals surface area contributed by atoms with Gasteiger partial charge in [-0.1, -0.05) is 32.0 Å². The summed E-state index contributed by atoms with van der Waals surface area (Å²) in [6.45, 7) is 5.26. The van der Waals surface area contributed by atoms with Crippen LogP contribution in [-0.2, 0) is 0 Å². The van der Waals surface area contributed by atoms with Crippen molar-refractivity contribution in [3.05, 3.63) is 42.1 Å². The van der Waals surface area contributed by atoms with E-state index in [2.05, 4.69) is 18.8 Å². The number of nitrogens with zero attached hydrogens (tertiary/aromatic N) is 2. The van der Waals surface area contributed by atoms with Crippen LogP contribution >= 0.6 is 24.8 Å². The van der Waals surface area contributed by atoms with Crippen molar-refractivity contribution >= 4 is 41.6 Å². The third-order valence-electron chi connectivity index (χ3n) is 3.43. The van der Waals surface area contributed by atoms with Crippen LogP contribution in [0.1, 0.15) is 24.2 Å². The van der Waals surface area contributed by atoms with Gasteiger partial charge in [0.1, 0.15) is 0 Å². The summed E-state index contributed by atoms with van der Waals surface area (Å²) in [4.78, 5) is 18.6. The number of para-hydroxylation sites is 1. The first-order chi connectivity index (χ1) is 9.44. The van der Waals surface area contributed by atoms with Crippen molar-refractivity contribution in [1.82, 2.24) is 9.88 Å². The van der Waals surface area contributed by atoms with Gasteiger partial charge in [-0.15, -0.1) is 24.8 Å². The molecule has 0 aliphatic carbocycles. The van der Waals surface area contributed by atoms with Crippen molar-refractivity contribution in [3.63, 3.8) is 0 Å². The number of carbonyl (C=O) groups excluding carboxylic acids is 1. The maximum atomic E-state index is 12.6. The number of fused-ring (bicyclic) bond motifs is 1. The van der Waals surface area contributed by atoms with Crippen LogP contribution in [-0.4, -0.2) is 35.9 Å². The zero-order valence-electron chi connectivity index (χ0n) is 13.1. The minimum absolute atomic E-state index is 0. The van der Waals surface area contributed by atoms with Gasteiger partial charge in [0, 0.05) is 25.2 Å². The normalized spacial score (nSPS) is 10.5. The first-order valence-electron chi connectivity index (χ1n) is 6.74. The number of halogens is 2. The number of aromatic nitrogens is 1. The van der Waals surface area contributed by atoms with Crippen LogP contribution < -0.4 is 5.73 Å². The summed E-state index contributed by atoms with van der Waals surface area (Å²) in [5.74, 6) is -0.0178. The fourth-order valence-electron chi connectivity index (χ4n) is 2.26. The Balaban J connectivity index is 0.00000220. The van der Waals surface area contributed by atoms with Gasteiger partial charge in [0.2, 0.25) is 0 Å². The standard InChI is InChI=1S/C16H21N3O.2ClH/c1-16(2,10-17)11-19(3)15(20)13-8-4-6-12-7-5-9-18-14(12)13;;/h4-9H,10-11,17H2,1-3H3;2*1H. The van der Waals surface area contributed by atoms with Crippen molar-refractivity contribution < 1.29 is 4.79 Å². The highest BCUT2D eigenvalue weighted by atomic mass is 35.5. The predicted octanol–water partition coefficient (Wildman–Crippen LogP) is 3.14. The van der Waals surface area contributed by atoms with Crippen LogP contribution in [0.25, 0.3) is 10.9 Å². The Labute approximate surface area is 143 Å². The molecule has 1 heterocycles. The molecule has 1 aromatic heterocycles. The lowest BCUT2D eigenvalue weighted by Gasteiger charge is -2.29. The number of hydrogen-bond donors (Lipinski definition) is 1. The molecule has 6 heteroatoms. The molecule has 2 N–H and O–H groups in total. The van der Waals surface area contributed by atoms with E-state index in [0.29, 0.717) is 18.7 Å². The summed E-state index contributed by atoms with van der Waals surface area (Å²) in [5.41, 5.74) is 7.02. The second-order valence-corrected chi connectivity index (χ2v) is 5.91. The number of rotatable bonds is 4. The Morgan fingerprint density at radius 1 is 1.23 bits per heavy atom. The summed E-state index contributed by atoms with van der Waals surface area (Å²) >= 11 is 0. The number of hydrogen-bond acceptors (Lipinski definition) is 3. The average molecular weight is 344 g/mol. The second-order valence-electron chi connectivity index (χ2n) is 5.91. The molecule has 122 valence electrons. The van der Waals surface area contributed by atoms with E-state index in [4.69, 9.17) is 5.73 Å². The largest absolute Gasteiger partial charge is 0.341 e. The second kappa shape index (κ2) is 8.32. The summed E-state index contributed by atoms with van der Waals surface area (Å²) in [7, 11) is 1.81. The summed E-state index contributed by atoms with van der Waals surface area (Å²) in [6.07, 6.45) is 1.71. The number of benzene rings is 1. The third kappa shape index (κ3) is 4.57. The number of nitrogens with two attached hydrogens (primary N) is 1. The lowest BCUT2D eigenvalue weighted by molar-refractivity contribution is 0.0742. The molecular formula is C16H23Cl2N3O. The first kappa shape index (κ1) is 20.6. The van der Waals surface area contributed by atoms with Gasteiger partial charge in [0.05, 0.1) is 11.1 Å². The summed E-state index contributed by atoms with van der Waals surface area (Å²) in [5, 5.41) is 0.977. The summed E-state index contributed by atoms with van der Waals surface area (Å²) < 4.78 is 0. The van der Waals surface area contributed by atoms with Crippen molar-refractivity contribution in [3.8, 4) is 0 Å². The van der Waals surface area contributed by atoms with Gasteiger partial charge in [-0.3, -0.25) is 9.78 Å². The highest BCUT2D eigenvalue weighted by Gasteiger charge is 2.23. The zero-order chi connectivity index (χ0) is 14.8. The third-order valence-corrected chi connectivity index (χ3v) is 3.43. The van der Waals surface area contributed by atoms with Gasteiger partial charge in [0.25, 0.3) is 5.91 Å². The maximum absolute atomic E-state index is 12.6. The lowest BCUT2D eigenvalue weighted by Crippen LogP contribution is -2.39. The molecule has 0 radical (unpaired) electrons. The number of amides is 1. The average Bonchev–Trinajstić information content (AvgIpc) is 2.45. The van der Waals surface area contributed by atoms with Crippen molar-refractivity contribution in [2.24, 2.45) is 11.1 Å². The fraction of sp³-hybridized carbons (Fsp3) is 0.375. The van der Waals surface area contributed by atoms with Crippen molar-refractivity contribution in [1.29, 1.82) is 0 Å². The Hall–Kier alpha value is -1.36. The molecule has 2 aromatic rings. The van der Waals surface area contributed by atoms with E-state index in [0.717, 1.165) is 10.9 Å². The zero-order valence-corrected chi connectivity index (χ0v) is 14.7. The molecule has 4 nitrogen and oxygen atoms in total. The van der Waals surface area contributed by atoms with Gasteiger partial charge in [-0.25, -0.2) is 0 Å². The fourth-order valence-corrected chi connectivity index (χ4v) is 2.26. The molecule has 0 fully saturated rings. The lowest BCUT2D eigenvalue weighted by atomic mass is 9.93. The van der Waals surface area contributed by atoms with E-state index in [1.165, 1.54) is 0 Å². The molecule has 0 aliphatic heterocycles. The maximum Gasteiger partial charge on any atom is 0.255 e. The summed E-state index contributed by atoms with van der Waals surface area (Å²) in [6, 6.07) is 9.51. The van der Waals surface area contributed by atoms with E-state index in [1.807, 2.05) is 37.4 Å². The first-order valence-corrected chi connectivity index (χ1v) is 6.74. The molecule has 1 amide bonds. The molecule has 2 rings (SSSR count). The van der Waals surface area contributed by atoms with Crippen molar-refractivity contribution in [2.75, 3.05) is 20.1 Å². The van der Waals surface area contributed by atoms with Crippen LogP contribution in [0.15, 0.2) is 36.5 Å². The van der Waals surface area contributed by atoms with E-state index >= 15 is 0 Å². The van der Waals surface area contributed by atoms with Gasteiger partial charge in [-0.05, 0) is 24.1 Å². The highest BCUT2D eigenvalue weighted by Crippen LogP contribution is 2.20. The van der Waals surface area contributed by atoms with Crippen LogP contribution in [0.2, 0.25) is 0 Å². The van der Waals surface area contributed by atoms with Gasteiger partial charge < -0.3 is 10.6 Å². The van der Waals surface area contributed by atoms with E-state index in [-0.39, 0.29) is 36.1 Å². The highest BCUT2D eigenvalue weighted by molar-refractivity contribution is 6.05. The monoisotopic (exact) mass is 343 g/mol. The van der Waals surface area contributed by atoms with Gasteiger partial charge >= 0.3 is 0 Å². The molecule has 0 aliphatic rings. The molecule has 0 spiro atoms. The van der Waals surface area contributed by atoms with Crippen LogP contribution in [0.4, 0.5) is 0 Å². The molecule has 0 saturated carbocycles. The van der Waals surface area contributed by atoms with Gasteiger partial charge in [0.15, 0.2) is 0 Å². The molecule has 0 saturated heterocycles. The quantitative estimate of drug-likeness (QED) is 0.927. The van der Waals surface area contributed by atoms with E-state index in [9.17, 15) is 4.79 Å². The van der Waals surface area contributed by atoms with Crippen LogP contribution in [0, 0.1) is 5.41 Å². The Bertz CT molecular complexity index is 626.